The van der Waals surface area contributed by atoms with Crippen LogP contribution in [0.5, 0.6) is 0 Å². The van der Waals surface area contributed by atoms with E-state index in [-0.39, 0.29) is 16.2 Å². The minimum absolute atomic E-state index is 0.0148. The van der Waals surface area contributed by atoms with E-state index in [9.17, 15) is 0 Å². The summed E-state index contributed by atoms with van der Waals surface area (Å²) in [6.07, 6.45) is 0. The van der Waals surface area contributed by atoms with Gasteiger partial charge in [0.1, 0.15) is 11.2 Å². The largest absolute Gasteiger partial charge is 0.456 e. The molecular weight excluding hydrogens is 801 g/mol. The van der Waals surface area contributed by atoms with Crippen LogP contribution in [-0.4, -0.2) is 0 Å². The van der Waals surface area contributed by atoms with Gasteiger partial charge in [0.05, 0.1) is 11.4 Å². The summed E-state index contributed by atoms with van der Waals surface area (Å²) in [6.45, 7) is 14.6. The summed E-state index contributed by atoms with van der Waals surface area (Å²) in [6, 6.07) is 79.1. The fraction of sp³-hybridized carbons (Fsp3) is 0.143. The van der Waals surface area contributed by atoms with E-state index in [1.807, 2.05) is 12.1 Å². The quantitative estimate of drug-likeness (QED) is 0.144. The summed E-state index contributed by atoms with van der Waals surface area (Å²) in [5.74, 6) is 0. The van der Waals surface area contributed by atoms with E-state index in [4.69, 9.17) is 4.42 Å². The first-order valence-electron chi connectivity index (χ1n) is 23.2. The number of anilines is 6. The van der Waals surface area contributed by atoms with E-state index in [2.05, 4.69) is 258 Å². The van der Waals surface area contributed by atoms with E-state index >= 15 is 0 Å². The Labute approximate surface area is 389 Å². The summed E-state index contributed by atoms with van der Waals surface area (Å²) in [4.78, 5) is 4.83. The van der Waals surface area contributed by atoms with Crippen molar-refractivity contribution < 1.29 is 4.42 Å². The second kappa shape index (κ2) is 15.8. The molecule has 0 amide bonds. The third kappa shape index (κ3) is 6.64. The maximum atomic E-state index is 6.47. The van der Waals surface area contributed by atoms with Gasteiger partial charge in [0.15, 0.2) is 0 Å². The number of benzene rings is 9. The average molecular weight is 855 g/mol. The molecule has 0 fully saturated rings. The van der Waals surface area contributed by atoms with Gasteiger partial charge >= 0.3 is 0 Å². The molecule has 0 bridgehead atoms. The Morgan fingerprint density at radius 2 is 0.788 bits per heavy atom. The monoisotopic (exact) mass is 854 g/mol. The van der Waals surface area contributed by atoms with Gasteiger partial charge in [-0.05, 0) is 122 Å². The van der Waals surface area contributed by atoms with Gasteiger partial charge in [0.25, 0.3) is 0 Å². The highest BCUT2D eigenvalue weighted by molar-refractivity contribution is 6.06. The van der Waals surface area contributed by atoms with Crippen molar-refractivity contribution in [3.8, 4) is 33.4 Å². The topological polar surface area (TPSA) is 19.6 Å². The number of rotatable bonds is 9. The van der Waals surface area contributed by atoms with Crippen LogP contribution >= 0.6 is 0 Å². The maximum absolute atomic E-state index is 6.47. The molecular formula is C63H54N2O. The lowest BCUT2D eigenvalue weighted by molar-refractivity contribution is 0.125. The van der Waals surface area contributed by atoms with E-state index in [0.717, 1.165) is 61.6 Å². The van der Waals surface area contributed by atoms with Crippen molar-refractivity contribution in [2.75, 3.05) is 9.80 Å². The third-order valence-electron chi connectivity index (χ3n) is 15.4. The molecule has 3 heteroatoms. The van der Waals surface area contributed by atoms with Gasteiger partial charge in [0, 0.05) is 50.7 Å². The molecule has 0 spiro atoms. The molecule has 1 aliphatic carbocycles. The number of hydrogen-bond donors (Lipinski definition) is 0. The molecule has 0 saturated heterocycles. The minimum Gasteiger partial charge on any atom is -0.456 e. The highest BCUT2D eigenvalue weighted by atomic mass is 16.3. The second-order valence-electron chi connectivity index (χ2n) is 19.4. The zero-order chi connectivity index (χ0) is 45.2. The molecule has 66 heavy (non-hydrogen) atoms. The molecule has 10 aromatic rings. The maximum Gasteiger partial charge on any atom is 0.137 e. The lowest BCUT2D eigenvalue weighted by atomic mass is 9.59. The molecule has 0 atom stereocenters. The summed E-state index contributed by atoms with van der Waals surface area (Å²) >= 11 is 0. The molecule has 11 rings (SSSR count). The fourth-order valence-corrected chi connectivity index (χ4v) is 10.5. The van der Waals surface area contributed by atoms with Crippen molar-refractivity contribution in [2.24, 2.45) is 5.41 Å². The van der Waals surface area contributed by atoms with Gasteiger partial charge in [-0.2, -0.15) is 0 Å². The second-order valence-corrected chi connectivity index (χ2v) is 19.4. The molecule has 1 heterocycles. The standard InChI is InChI=1S/C63H54N2O/c1-61(2)55-41-54(58(42-56(55)62(3,4)63(61,5)6)65(47-24-14-9-15-25-47)57-28-18-16-26-51(57)45-22-12-8-13-23-45)46-32-36-49(37-33-46)64(48-34-30-44(31-35-48)43-20-10-7-11-21-43)50-38-39-53-52-27-17-19-29-59(52)66-60(53)40-50/h7-42H,1-6H3. The molecule has 3 nitrogen and oxygen atoms in total. The van der Waals surface area contributed by atoms with Crippen LogP contribution < -0.4 is 9.80 Å². The average Bonchev–Trinajstić information content (AvgIpc) is 3.77. The molecule has 0 radical (unpaired) electrons. The summed E-state index contributed by atoms with van der Waals surface area (Å²) in [7, 11) is 0. The lowest BCUT2D eigenvalue weighted by Gasteiger charge is -2.44. The van der Waals surface area contributed by atoms with Gasteiger partial charge in [-0.3, -0.25) is 0 Å². The number of nitrogens with zero attached hydrogens (tertiary/aromatic N) is 2. The highest BCUT2D eigenvalue weighted by Gasteiger charge is 2.57. The number of hydrogen-bond acceptors (Lipinski definition) is 3. The van der Waals surface area contributed by atoms with Crippen molar-refractivity contribution in [3.63, 3.8) is 0 Å². The highest BCUT2D eigenvalue weighted by Crippen LogP contribution is 2.63. The molecule has 1 aromatic heterocycles. The first kappa shape index (κ1) is 41.1. The van der Waals surface area contributed by atoms with Crippen LogP contribution in [0.4, 0.5) is 34.1 Å². The fourth-order valence-electron chi connectivity index (χ4n) is 10.5. The van der Waals surface area contributed by atoms with Crippen molar-refractivity contribution >= 4 is 56.1 Å². The van der Waals surface area contributed by atoms with E-state index in [0.29, 0.717) is 0 Å². The van der Waals surface area contributed by atoms with E-state index in [1.54, 1.807) is 0 Å². The number of para-hydroxylation sites is 3. The van der Waals surface area contributed by atoms with Gasteiger partial charge in [-0.1, -0.05) is 181 Å². The molecule has 0 unspecified atom stereocenters. The molecule has 1 aliphatic rings. The van der Waals surface area contributed by atoms with Crippen LogP contribution in [-0.2, 0) is 10.8 Å². The minimum atomic E-state index is -0.0955. The van der Waals surface area contributed by atoms with Crippen molar-refractivity contribution in [1.82, 2.24) is 0 Å². The molecule has 0 N–H and O–H groups in total. The van der Waals surface area contributed by atoms with Crippen LogP contribution in [0.2, 0.25) is 0 Å². The molecule has 0 aliphatic heterocycles. The Morgan fingerprint density at radius 1 is 0.318 bits per heavy atom. The van der Waals surface area contributed by atoms with Crippen molar-refractivity contribution in [2.45, 2.75) is 52.4 Å². The van der Waals surface area contributed by atoms with Gasteiger partial charge in [0.2, 0.25) is 0 Å². The summed E-state index contributed by atoms with van der Waals surface area (Å²) in [5.41, 5.74) is 18.0. The van der Waals surface area contributed by atoms with Gasteiger partial charge in [-0.15, -0.1) is 0 Å². The van der Waals surface area contributed by atoms with E-state index < -0.39 is 0 Å². The summed E-state index contributed by atoms with van der Waals surface area (Å²) in [5, 5.41) is 2.23. The Balaban J connectivity index is 1.10. The zero-order valence-corrected chi connectivity index (χ0v) is 38.6. The van der Waals surface area contributed by atoms with E-state index in [1.165, 1.54) is 38.9 Å². The van der Waals surface area contributed by atoms with Crippen molar-refractivity contribution in [3.05, 3.63) is 230 Å². The normalized spacial score (nSPS) is 14.6. The SMILES string of the molecule is CC1(C)c2cc(-c3ccc(N(c4ccc(-c5ccccc5)cc4)c4ccc5c(c4)oc4ccccc45)cc3)c(N(c3ccccc3)c3ccccc3-c3ccccc3)cc2C(C)(C)C1(C)C. The van der Waals surface area contributed by atoms with Crippen molar-refractivity contribution in [1.29, 1.82) is 0 Å². The van der Waals surface area contributed by atoms with Gasteiger partial charge in [-0.25, -0.2) is 0 Å². The predicted octanol–water partition coefficient (Wildman–Crippen LogP) is 18.1. The summed E-state index contributed by atoms with van der Waals surface area (Å²) < 4.78 is 6.47. The zero-order valence-electron chi connectivity index (χ0n) is 38.6. The van der Waals surface area contributed by atoms with Crippen LogP contribution in [0.1, 0.15) is 52.7 Å². The first-order chi connectivity index (χ1) is 32.0. The number of fused-ring (bicyclic) bond motifs is 4. The van der Waals surface area contributed by atoms with Crippen LogP contribution in [0.3, 0.4) is 0 Å². The number of furan rings is 1. The predicted molar refractivity (Wildman–Crippen MR) is 279 cm³/mol. The lowest BCUT2D eigenvalue weighted by Crippen LogP contribution is -2.42. The Kier molecular flexibility index (Phi) is 9.85. The molecule has 0 saturated carbocycles. The van der Waals surface area contributed by atoms with Gasteiger partial charge < -0.3 is 14.2 Å². The Morgan fingerprint density at radius 3 is 1.45 bits per heavy atom. The smallest absolute Gasteiger partial charge is 0.137 e. The Bertz CT molecular complexity index is 3360. The Hall–Kier alpha value is -7.62. The third-order valence-corrected chi connectivity index (χ3v) is 15.4. The molecule has 9 aromatic carbocycles. The van der Waals surface area contributed by atoms with Crippen LogP contribution in [0, 0.1) is 5.41 Å². The van der Waals surface area contributed by atoms with Crippen LogP contribution in [0.15, 0.2) is 223 Å². The first-order valence-corrected chi connectivity index (χ1v) is 23.2. The van der Waals surface area contributed by atoms with Crippen LogP contribution in [0.25, 0.3) is 55.3 Å². The molecule has 322 valence electrons.